The maximum Gasteiger partial charge on any atom is 0.340 e. The minimum Gasteiger partial charge on any atom is -0.460 e. The number of nitrogens with two attached hydrogens (primary N) is 1. The summed E-state index contributed by atoms with van der Waals surface area (Å²) in [7, 11) is 1.53. The van der Waals surface area contributed by atoms with Crippen molar-refractivity contribution < 1.29 is 23.8 Å². The van der Waals surface area contributed by atoms with Gasteiger partial charge in [0.15, 0.2) is 5.78 Å². The fourth-order valence-corrected chi connectivity index (χ4v) is 3.66. The molecule has 1 aromatic carbocycles. The molecule has 0 saturated heterocycles. The zero-order valence-electron chi connectivity index (χ0n) is 15.9. The van der Waals surface area contributed by atoms with Gasteiger partial charge >= 0.3 is 5.97 Å². The van der Waals surface area contributed by atoms with Crippen LogP contribution in [0.1, 0.15) is 38.2 Å². The van der Waals surface area contributed by atoms with E-state index in [0.717, 1.165) is 5.56 Å². The standard InChI is InChI=1S/C21H25NO5/c1-21(2)11-14(23)17-15(12-21)27-19(22)18(20(24)26-10-9-25-3)16(17)13-7-5-4-6-8-13/h4-8,16H,9-12,22H2,1-3H3/t16-/m1/s1. The van der Waals surface area contributed by atoms with Crippen molar-refractivity contribution in [3.63, 3.8) is 0 Å². The Bertz CT molecular complexity index is 807. The highest BCUT2D eigenvalue weighted by Gasteiger charge is 2.44. The lowest BCUT2D eigenvalue weighted by Gasteiger charge is -2.37. The maximum absolute atomic E-state index is 13.0. The third-order valence-electron chi connectivity index (χ3n) is 4.83. The molecule has 6 heteroatoms. The van der Waals surface area contributed by atoms with Gasteiger partial charge < -0.3 is 19.9 Å². The Balaban J connectivity index is 2.06. The largest absolute Gasteiger partial charge is 0.460 e. The number of hydrogen-bond donors (Lipinski definition) is 1. The van der Waals surface area contributed by atoms with Gasteiger partial charge in [-0.3, -0.25) is 4.79 Å². The van der Waals surface area contributed by atoms with E-state index in [2.05, 4.69) is 0 Å². The molecule has 144 valence electrons. The van der Waals surface area contributed by atoms with Gasteiger partial charge in [-0.1, -0.05) is 44.2 Å². The van der Waals surface area contributed by atoms with Crippen LogP contribution in [0.2, 0.25) is 0 Å². The van der Waals surface area contributed by atoms with Crippen LogP contribution in [0.4, 0.5) is 0 Å². The fourth-order valence-electron chi connectivity index (χ4n) is 3.66. The second-order valence-electron chi connectivity index (χ2n) is 7.63. The van der Waals surface area contributed by atoms with Gasteiger partial charge in [-0.05, 0) is 11.0 Å². The number of ether oxygens (including phenoxy) is 3. The predicted molar refractivity (Wildman–Crippen MR) is 99.4 cm³/mol. The molecular formula is C21H25NO5. The van der Waals surface area contributed by atoms with Crippen LogP contribution in [0.5, 0.6) is 0 Å². The zero-order chi connectivity index (χ0) is 19.6. The average Bonchev–Trinajstić information content (AvgIpc) is 2.60. The first-order chi connectivity index (χ1) is 12.8. The van der Waals surface area contributed by atoms with E-state index in [-0.39, 0.29) is 35.9 Å². The van der Waals surface area contributed by atoms with E-state index in [4.69, 9.17) is 19.9 Å². The van der Waals surface area contributed by atoms with E-state index < -0.39 is 11.9 Å². The van der Waals surface area contributed by atoms with E-state index in [1.54, 1.807) is 0 Å². The number of esters is 1. The Labute approximate surface area is 159 Å². The van der Waals surface area contributed by atoms with Crippen LogP contribution in [-0.4, -0.2) is 32.1 Å². The van der Waals surface area contributed by atoms with E-state index in [0.29, 0.717) is 24.2 Å². The number of hydrogen-bond acceptors (Lipinski definition) is 6. The number of methoxy groups -OCH3 is 1. The smallest absolute Gasteiger partial charge is 0.340 e. The molecule has 1 aliphatic carbocycles. The summed E-state index contributed by atoms with van der Waals surface area (Å²) in [6.45, 7) is 4.41. The maximum atomic E-state index is 13.0. The van der Waals surface area contributed by atoms with Gasteiger partial charge in [-0.15, -0.1) is 0 Å². The monoisotopic (exact) mass is 371 g/mol. The van der Waals surface area contributed by atoms with Crippen LogP contribution in [0.15, 0.2) is 53.1 Å². The molecule has 0 aromatic heterocycles. The van der Waals surface area contributed by atoms with Crippen molar-refractivity contribution >= 4 is 11.8 Å². The van der Waals surface area contributed by atoms with Crippen molar-refractivity contribution in [2.45, 2.75) is 32.6 Å². The van der Waals surface area contributed by atoms with Crippen LogP contribution in [0.3, 0.4) is 0 Å². The molecule has 2 N–H and O–H groups in total. The Hall–Kier alpha value is -2.60. The summed E-state index contributed by atoms with van der Waals surface area (Å²) in [5.74, 6) is -0.660. The molecule has 1 atom stereocenters. The van der Waals surface area contributed by atoms with E-state index in [1.807, 2.05) is 44.2 Å². The van der Waals surface area contributed by atoms with Gasteiger partial charge in [-0.25, -0.2) is 4.79 Å². The Kier molecular flexibility index (Phi) is 5.37. The lowest BCUT2D eigenvalue weighted by molar-refractivity contribution is -0.140. The van der Waals surface area contributed by atoms with Crippen molar-refractivity contribution in [3.8, 4) is 0 Å². The van der Waals surface area contributed by atoms with Crippen molar-refractivity contribution in [1.29, 1.82) is 0 Å². The van der Waals surface area contributed by atoms with Gasteiger partial charge in [0.2, 0.25) is 5.88 Å². The molecule has 0 amide bonds. The van der Waals surface area contributed by atoms with Crippen LogP contribution in [0, 0.1) is 5.41 Å². The molecule has 1 aromatic rings. The van der Waals surface area contributed by atoms with Gasteiger partial charge in [0.05, 0.1) is 12.5 Å². The quantitative estimate of drug-likeness (QED) is 0.632. The number of ketones is 1. The SMILES string of the molecule is COCCOC(=O)C1=C(N)OC2=C(C(=O)CC(C)(C)C2)[C@H]1c1ccccc1. The highest BCUT2D eigenvalue weighted by molar-refractivity contribution is 6.03. The van der Waals surface area contributed by atoms with Crippen LogP contribution in [-0.2, 0) is 23.8 Å². The molecule has 6 nitrogen and oxygen atoms in total. The van der Waals surface area contributed by atoms with E-state index in [1.165, 1.54) is 7.11 Å². The Morgan fingerprint density at radius 3 is 2.59 bits per heavy atom. The number of rotatable bonds is 5. The summed E-state index contributed by atoms with van der Waals surface area (Å²) in [5.41, 5.74) is 7.40. The number of carbonyl (C=O) groups excluding carboxylic acids is 2. The van der Waals surface area contributed by atoms with Gasteiger partial charge in [0, 0.05) is 25.5 Å². The molecule has 0 radical (unpaired) electrons. The normalized spacial score (nSPS) is 21.6. The summed E-state index contributed by atoms with van der Waals surface area (Å²) in [5, 5.41) is 0. The summed E-state index contributed by atoms with van der Waals surface area (Å²) in [6.07, 6.45) is 0.981. The van der Waals surface area contributed by atoms with Crippen LogP contribution < -0.4 is 5.73 Å². The minimum atomic E-state index is -0.595. The molecule has 0 fully saturated rings. The van der Waals surface area contributed by atoms with Crippen LogP contribution in [0.25, 0.3) is 0 Å². The molecule has 0 saturated carbocycles. The van der Waals surface area contributed by atoms with Crippen molar-refractivity contribution in [2.24, 2.45) is 11.1 Å². The van der Waals surface area contributed by atoms with E-state index in [9.17, 15) is 9.59 Å². The van der Waals surface area contributed by atoms with Gasteiger partial charge in [0.1, 0.15) is 17.9 Å². The third kappa shape index (κ3) is 3.90. The van der Waals surface area contributed by atoms with Crippen molar-refractivity contribution in [2.75, 3.05) is 20.3 Å². The topological polar surface area (TPSA) is 87.8 Å². The fraction of sp³-hybridized carbons (Fsp3) is 0.429. The highest BCUT2D eigenvalue weighted by Crippen LogP contribution is 2.48. The molecule has 2 aliphatic rings. The third-order valence-corrected chi connectivity index (χ3v) is 4.83. The number of carbonyl (C=O) groups is 2. The first-order valence-electron chi connectivity index (χ1n) is 8.99. The lowest BCUT2D eigenvalue weighted by atomic mass is 9.70. The second kappa shape index (κ2) is 7.56. The number of allylic oxidation sites excluding steroid dienone is 2. The molecule has 1 aliphatic heterocycles. The zero-order valence-corrected chi connectivity index (χ0v) is 15.9. The highest BCUT2D eigenvalue weighted by atomic mass is 16.6. The molecule has 0 spiro atoms. The summed E-state index contributed by atoms with van der Waals surface area (Å²) < 4.78 is 16.0. The molecular weight excluding hydrogens is 346 g/mol. The van der Waals surface area contributed by atoms with Crippen LogP contribution >= 0.6 is 0 Å². The van der Waals surface area contributed by atoms with E-state index >= 15 is 0 Å². The van der Waals surface area contributed by atoms with Gasteiger partial charge in [0.25, 0.3) is 0 Å². The molecule has 27 heavy (non-hydrogen) atoms. The first-order valence-corrected chi connectivity index (χ1v) is 8.99. The predicted octanol–water partition coefficient (Wildman–Crippen LogP) is 2.80. The summed E-state index contributed by atoms with van der Waals surface area (Å²) in [6, 6.07) is 9.37. The molecule has 1 heterocycles. The van der Waals surface area contributed by atoms with Crippen molar-refractivity contribution in [1.82, 2.24) is 0 Å². The number of benzene rings is 1. The Morgan fingerprint density at radius 2 is 1.93 bits per heavy atom. The molecule has 0 bridgehead atoms. The Morgan fingerprint density at radius 1 is 1.22 bits per heavy atom. The first kappa shape index (κ1) is 19.2. The minimum absolute atomic E-state index is 0.00415. The second-order valence-corrected chi connectivity index (χ2v) is 7.63. The molecule has 0 unspecified atom stereocenters. The summed E-state index contributed by atoms with van der Waals surface area (Å²) >= 11 is 0. The van der Waals surface area contributed by atoms with Crippen molar-refractivity contribution in [3.05, 3.63) is 58.7 Å². The molecule has 3 rings (SSSR count). The summed E-state index contributed by atoms with van der Waals surface area (Å²) in [4.78, 5) is 25.7. The average molecular weight is 371 g/mol. The lowest BCUT2D eigenvalue weighted by Crippen LogP contribution is -2.35. The van der Waals surface area contributed by atoms with Gasteiger partial charge in [-0.2, -0.15) is 0 Å². The number of Topliss-reactive ketones (excluding diaryl/α,β-unsaturated/α-hetero) is 1.